The highest BCUT2D eigenvalue weighted by Crippen LogP contribution is 2.31. The lowest BCUT2D eigenvalue weighted by molar-refractivity contribution is -0.112. The van der Waals surface area contributed by atoms with Crippen LogP contribution in [0.4, 0.5) is 11.4 Å². The van der Waals surface area contributed by atoms with Crippen LogP contribution in [0.5, 0.6) is 17.2 Å². The molecule has 0 unspecified atom stereocenters. The van der Waals surface area contributed by atoms with E-state index in [4.69, 9.17) is 9.47 Å². The molecule has 0 aromatic heterocycles. The molecule has 0 heterocycles. The van der Waals surface area contributed by atoms with Gasteiger partial charge in [-0.3, -0.25) is 4.79 Å². The van der Waals surface area contributed by atoms with Crippen molar-refractivity contribution in [2.75, 3.05) is 24.9 Å². The van der Waals surface area contributed by atoms with Gasteiger partial charge in [0.15, 0.2) is 0 Å². The van der Waals surface area contributed by atoms with Crippen molar-refractivity contribution in [2.24, 2.45) is 0 Å². The van der Waals surface area contributed by atoms with Gasteiger partial charge in [0, 0.05) is 28.7 Å². The van der Waals surface area contributed by atoms with E-state index in [1.54, 1.807) is 48.5 Å². The number of benzene rings is 3. The minimum absolute atomic E-state index is 0.132. The van der Waals surface area contributed by atoms with Gasteiger partial charge in [0.1, 0.15) is 28.9 Å². The van der Waals surface area contributed by atoms with Gasteiger partial charge >= 0.3 is 0 Å². The van der Waals surface area contributed by atoms with E-state index in [2.05, 4.69) is 10.6 Å². The monoisotopic (exact) mass is 389 g/mol. The number of anilines is 2. The Hall–Kier alpha value is -4.18. The molecule has 0 spiro atoms. The fourth-order valence-corrected chi connectivity index (χ4v) is 2.82. The zero-order chi connectivity index (χ0) is 20.8. The Balaban J connectivity index is 1.85. The Morgan fingerprint density at radius 1 is 1.03 bits per heavy atom. The lowest BCUT2D eigenvalue weighted by Crippen LogP contribution is -2.15. The van der Waals surface area contributed by atoms with Gasteiger partial charge in [-0.05, 0) is 24.3 Å². The number of phenolic OH excluding ortho intramolecular Hbond substituents is 1. The number of carbonyl (C=O) groups excluding carboxylic acids is 1. The van der Waals surface area contributed by atoms with Gasteiger partial charge in [0.2, 0.25) is 0 Å². The number of phenols is 1. The van der Waals surface area contributed by atoms with E-state index in [9.17, 15) is 15.2 Å². The highest BCUT2D eigenvalue weighted by Gasteiger charge is 2.13. The zero-order valence-electron chi connectivity index (χ0n) is 15.9. The molecule has 0 saturated carbocycles. The van der Waals surface area contributed by atoms with Crippen molar-refractivity contribution in [1.29, 1.82) is 5.26 Å². The van der Waals surface area contributed by atoms with Crippen LogP contribution in [-0.2, 0) is 4.79 Å². The molecule has 146 valence electrons. The molecule has 7 nitrogen and oxygen atoms in total. The predicted molar refractivity (Wildman–Crippen MR) is 111 cm³/mol. The maximum Gasteiger partial charge on any atom is 0.267 e. The Morgan fingerprint density at radius 2 is 1.79 bits per heavy atom. The van der Waals surface area contributed by atoms with Crippen LogP contribution in [0.15, 0.2) is 66.4 Å². The molecule has 3 aromatic rings. The van der Waals surface area contributed by atoms with Crippen molar-refractivity contribution < 1.29 is 19.4 Å². The first-order valence-electron chi connectivity index (χ1n) is 8.68. The number of ether oxygens (including phenoxy) is 2. The quantitative estimate of drug-likeness (QED) is 0.435. The van der Waals surface area contributed by atoms with Gasteiger partial charge in [-0.1, -0.05) is 24.3 Å². The van der Waals surface area contributed by atoms with Crippen LogP contribution < -0.4 is 20.1 Å². The third kappa shape index (κ3) is 4.22. The summed E-state index contributed by atoms with van der Waals surface area (Å²) in [5, 5.41) is 26.5. The van der Waals surface area contributed by atoms with E-state index in [0.717, 1.165) is 5.39 Å². The molecule has 0 atom stereocenters. The van der Waals surface area contributed by atoms with Crippen LogP contribution in [0.3, 0.4) is 0 Å². The second-order valence-electron chi connectivity index (χ2n) is 6.01. The Labute approximate surface area is 167 Å². The third-order valence-electron chi connectivity index (χ3n) is 4.29. The van der Waals surface area contributed by atoms with Crippen LogP contribution in [0.2, 0.25) is 0 Å². The second-order valence-corrected chi connectivity index (χ2v) is 6.01. The maximum atomic E-state index is 12.6. The van der Waals surface area contributed by atoms with E-state index in [1.165, 1.54) is 20.4 Å². The standard InChI is InChI=1S/C22H19N3O4/c1-28-15-9-10-21(29-2)19(11-15)25-22(27)14(12-23)13-24-18-7-3-6-17-16(18)5-4-8-20(17)26/h3-11,13,24,26H,1-2H3,(H,25,27)/b14-13-. The van der Waals surface area contributed by atoms with Gasteiger partial charge < -0.3 is 25.2 Å². The molecule has 0 radical (unpaired) electrons. The predicted octanol–water partition coefficient (Wildman–Crippen LogP) is 4.02. The van der Waals surface area contributed by atoms with Crippen molar-refractivity contribution in [3.05, 3.63) is 66.4 Å². The summed E-state index contributed by atoms with van der Waals surface area (Å²) in [5.74, 6) is 0.527. The number of aromatic hydroxyl groups is 1. The Morgan fingerprint density at radius 3 is 2.52 bits per heavy atom. The molecule has 0 fully saturated rings. The largest absolute Gasteiger partial charge is 0.507 e. The van der Waals surface area contributed by atoms with Gasteiger partial charge in [0.05, 0.1) is 19.9 Å². The normalized spacial score (nSPS) is 10.9. The number of carbonyl (C=O) groups is 1. The minimum atomic E-state index is -0.602. The molecule has 3 N–H and O–H groups in total. The molecule has 1 amide bonds. The van der Waals surface area contributed by atoms with Gasteiger partial charge in [-0.25, -0.2) is 0 Å². The van der Waals surface area contributed by atoms with Crippen LogP contribution >= 0.6 is 0 Å². The summed E-state index contributed by atoms with van der Waals surface area (Å²) in [7, 11) is 3.00. The molecule has 3 aromatic carbocycles. The number of rotatable bonds is 6. The van der Waals surface area contributed by atoms with E-state index < -0.39 is 5.91 Å². The van der Waals surface area contributed by atoms with Crippen molar-refractivity contribution in [2.45, 2.75) is 0 Å². The van der Waals surface area contributed by atoms with Crippen molar-refractivity contribution in [1.82, 2.24) is 0 Å². The van der Waals surface area contributed by atoms with Crippen LogP contribution in [0.25, 0.3) is 10.8 Å². The van der Waals surface area contributed by atoms with E-state index >= 15 is 0 Å². The minimum Gasteiger partial charge on any atom is -0.507 e. The number of nitriles is 1. The molecule has 0 bridgehead atoms. The van der Waals surface area contributed by atoms with E-state index in [0.29, 0.717) is 28.3 Å². The summed E-state index contributed by atoms with van der Waals surface area (Å²) in [5.41, 5.74) is 0.901. The first kappa shape index (κ1) is 19.6. The smallest absolute Gasteiger partial charge is 0.267 e. The third-order valence-corrected chi connectivity index (χ3v) is 4.29. The molecule has 7 heteroatoms. The summed E-state index contributed by atoms with van der Waals surface area (Å²) in [4.78, 5) is 12.6. The molecule has 29 heavy (non-hydrogen) atoms. The fraction of sp³-hybridized carbons (Fsp3) is 0.0909. The number of methoxy groups -OCH3 is 2. The number of nitrogens with one attached hydrogen (secondary N) is 2. The van der Waals surface area contributed by atoms with Gasteiger partial charge in [-0.15, -0.1) is 0 Å². The maximum absolute atomic E-state index is 12.6. The first-order valence-corrected chi connectivity index (χ1v) is 8.68. The molecule has 3 rings (SSSR count). The summed E-state index contributed by atoms with van der Waals surface area (Å²) in [6, 6.07) is 17.3. The van der Waals surface area contributed by atoms with Gasteiger partial charge in [0.25, 0.3) is 5.91 Å². The van der Waals surface area contributed by atoms with Crippen LogP contribution in [-0.4, -0.2) is 25.2 Å². The van der Waals surface area contributed by atoms with Crippen molar-refractivity contribution in [3.63, 3.8) is 0 Å². The molecule has 0 saturated heterocycles. The van der Waals surface area contributed by atoms with Crippen LogP contribution in [0, 0.1) is 11.3 Å². The number of fused-ring (bicyclic) bond motifs is 1. The summed E-state index contributed by atoms with van der Waals surface area (Å²) in [6.07, 6.45) is 1.32. The highest BCUT2D eigenvalue weighted by atomic mass is 16.5. The Kier molecular flexibility index (Phi) is 5.85. The van der Waals surface area contributed by atoms with E-state index in [1.807, 2.05) is 12.1 Å². The average molecular weight is 389 g/mol. The second kappa shape index (κ2) is 8.67. The van der Waals surface area contributed by atoms with E-state index in [-0.39, 0.29) is 11.3 Å². The summed E-state index contributed by atoms with van der Waals surface area (Å²) in [6.45, 7) is 0. The number of nitrogens with zero attached hydrogens (tertiary/aromatic N) is 1. The lowest BCUT2D eigenvalue weighted by Gasteiger charge is -2.12. The summed E-state index contributed by atoms with van der Waals surface area (Å²) >= 11 is 0. The van der Waals surface area contributed by atoms with Crippen molar-refractivity contribution >= 4 is 28.1 Å². The SMILES string of the molecule is COc1ccc(OC)c(NC(=O)/C(C#N)=C\Nc2cccc3c(O)cccc23)c1. The highest BCUT2D eigenvalue weighted by molar-refractivity contribution is 6.07. The lowest BCUT2D eigenvalue weighted by atomic mass is 10.1. The number of hydrogen-bond donors (Lipinski definition) is 3. The molecular weight excluding hydrogens is 370 g/mol. The fourth-order valence-electron chi connectivity index (χ4n) is 2.82. The van der Waals surface area contributed by atoms with Gasteiger partial charge in [-0.2, -0.15) is 5.26 Å². The molecule has 0 aliphatic carbocycles. The summed E-state index contributed by atoms with van der Waals surface area (Å²) < 4.78 is 10.4. The zero-order valence-corrected chi connectivity index (χ0v) is 15.9. The Bertz CT molecular complexity index is 1130. The number of amides is 1. The molecule has 0 aliphatic rings. The first-order chi connectivity index (χ1) is 14.1. The van der Waals surface area contributed by atoms with Crippen molar-refractivity contribution in [3.8, 4) is 23.3 Å². The molecule has 0 aliphatic heterocycles. The van der Waals surface area contributed by atoms with Crippen LogP contribution in [0.1, 0.15) is 0 Å². The number of hydrogen-bond acceptors (Lipinski definition) is 6. The topological polar surface area (TPSA) is 104 Å². The average Bonchev–Trinajstić information content (AvgIpc) is 2.74. The molecular formula is C22H19N3O4.